The molecule has 43 heavy (non-hydrogen) atoms. The molecule has 1 aromatic carbocycles. The van der Waals surface area contributed by atoms with Crippen molar-refractivity contribution in [2.45, 2.75) is 32.1 Å². The summed E-state index contributed by atoms with van der Waals surface area (Å²) in [5.41, 5.74) is 5.55. The molecule has 3 N–H and O–H groups in total. The average molecular weight is 597 g/mol. The number of likely N-dealkylation sites (tertiary alicyclic amines) is 1. The Kier molecular flexibility index (Phi) is 8.54. The van der Waals surface area contributed by atoms with Gasteiger partial charge in [0.1, 0.15) is 5.69 Å². The van der Waals surface area contributed by atoms with E-state index >= 15 is 0 Å². The van der Waals surface area contributed by atoms with E-state index in [9.17, 15) is 18.0 Å². The Morgan fingerprint density at radius 2 is 1.65 bits per heavy atom. The number of ether oxygens (including phenoxy) is 1. The van der Waals surface area contributed by atoms with Crippen LogP contribution in [0.15, 0.2) is 59.6 Å². The maximum atomic E-state index is 13.3. The van der Waals surface area contributed by atoms with E-state index in [-0.39, 0.29) is 5.91 Å². The monoisotopic (exact) mass is 596 g/mol. The van der Waals surface area contributed by atoms with E-state index in [1.807, 2.05) is 17.0 Å². The minimum absolute atomic E-state index is 0.00851. The van der Waals surface area contributed by atoms with Crippen molar-refractivity contribution >= 4 is 12.0 Å². The first-order valence-corrected chi connectivity index (χ1v) is 15.0. The lowest BCUT2D eigenvalue weighted by molar-refractivity contribution is -0.137. The largest absolute Gasteiger partial charge is 0.483 e. The summed E-state index contributed by atoms with van der Waals surface area (Å²) in [4.78, 5) is 23.2. The molecule has 0 saturated carbocycles. The number of hydrogen-bond donors (Lipinski definition) is 3. The van der Waals surface area contributed by atoms with E-state index in [1.165, 1.54) is 23.4 Å². The fourth-order valence-corrected chi connectivity index (χ4v) is 6.36. The van der Waals surface area contributed by atoms with Crippen molar-refractivity contribution < 1.29 is 22.7 Å². The van der Waals surface area contributed by atoms with Crippen molar-refractivity contribution in [3.8, 4) is 0 Å². The number of amides is 1. The zero-order chi connectivity index (χ0) is 30.0. The number of piperazine rings is 1. The van der Waals surface area contributed by atoms with Crippen molar-refractivity contribution in [3.05, 3.63) is 87.7 Å². The lowest BCUT2D eigenvalue weighted by Crippen LogP contribution is -2.48. The number of nitrogens with zero attached hydrogens (tertiary/aromatic N) is 3. The van der Waals surface area contributed by atoms with E-state index in [0.717, 1.165) is 73.9 Å². The third-order valence-corrected chi connectivity index (χ3v) is 8.93. The number of rotatable bonds is 7. The minimum Gasteiger partial charge on any atom is -0.483 e. The second-order valence-corrected chi connectivity index (χ2v) is 11.8. The molecule has 5 heterocycles. The Morgan fingerprint density at radius 1 is 0.930 bits per heavy atom. The van der Waals surface area contributed by atoms with Crippen LogP contribution in [0.1, 0.15) is 45.7 Å². The zero-order valence-corrected chi connectivity index (χ0v) is 24.5. The van der Waals surface area contributed by atoms with Crippen LogP contribution >= 0.6 is 0 Å². The molecule has 0 unspecified atom stereocenters. The fraction of sp³-hybridized carbons (Fsp3) is 0.469. The molecule has 4 aliphatic rings. The predicted octanol–water partition coefficient (Wildman–Crippen LogP) is 4.17. The Hall–Kier alpha value is -3.70. The van der Waals surface area contributed by atoms with Gasteiger partial charge in [0, 0.05) is 63.1 Å². The van der Waals surface area contributed by atoms with Crippen molar-refractivity contribution in [1.29, 1.82) is 0 Å². The van der Waals surface area contributed by atoms with Crippen molar-refractivity contribution in [2.75, 3.05) is 59.5 Å². The summed E-state index contributed by atoms with van der Waals surface area (Å²) in [6.45, 7) is 7.66. The molecule has 6 rings (SSSR count). The van der Waals surface area contributed by atoms with Gasteiger partial charge in [-0.25, -0.2) is 0 Å². The molecule has 0 spiro atoms. The first-order chi connectivity index (χ1) is 20.7. The molecule has 230 valence electrons. The molecule has 2 fully saturated rings. The number of H-pyrrole nitrogens is 1. The van der Waals surface area contributed by atoms with Crippen LogP contribution in [0, 0.1) is 5.92 Å². The number of halogens is 3. The summed E-state index contributed by atoms with van der Waals surface area (Å²) < 4.78 is 43.8. The standard InChI is InChI=1S/C32H39F3N6O2/c1-43-30-7-4-23(18-37-30)21-39-10-8-24(9-11-39)27-16-25-17-28(38-29(25)19-36-27)31(42)41-14-12-40(13-15-41)20-22-2-5-26(6-3-22)32(33,34)35/h2-7,16-17,24,36-38H,8-15,18-21H2,1H3. The Labute approximate surface area is 250 Å². The highest BCUT2D eigenvalue weighted by Gasteiger charge is 2.31. The number of carbonyl (C=O) groups is 1. The molecule has 0 bridgehead atoms. The minimum atomic E-state index is -4.33. The van der Waals surface area contributed by atoms with Crippen LogP contribution < -0.4 is 10.6 Å². The van der Waals surface area contributed by atoms with E-state index < -0.39 is 11.7 Å². The maximum absolute atomic E-state index is 13.3. The van der Waals surface area contributed by atoms with Crippen LogP contribution in [0.3, 0.4) is 0 Å². The number of carbonyl (C=O) groups excluding carboxylic acids is 1. The van der Waals surface area contributed by atoms with Crippen LogP contribution in [0.4, 0.5) is 13.2 Å². The summed E-state index contributed by atoms with van der Waals surface area (Å²) in [7, 11) is 1.67. The second-order valence-electron chi connectivity index (χ2n) is 11.8. The predicted molar refractivity (Wildman–Crippen MR) is 159 cm³/mol. The van der Waals surface area contributed by atoms with Gasteiger partial charge in [-0.05, 0) is 73.0 Å². The number of fused-ring (bicyclic) bond motifs is 1. The normalized spacial score (nSPS) is 20.4. The van der Waals surface area contributed by atoms with Gasteiger partial charge < -0.3 is 25.3 Å². The molecule has 8 nitrogen and oxygen atoms in total. The van der Waals surface area contributed by atoms with Gasteiger partial charge in [-0.15, -0.1) is 0 Å². The van der Waals surface area contributed by atoms with Crippen LogP contribution in [0.5, 0.6) is 0 Å². The van der Waals surface area contributed by atoms with Crippen molar-refractivity contribution in [3.63, 3.8) is 0 Å². The molecule has 4 aliphatic heterocycles. The topological polar surface area (TPSA) is 75.9 Å². The van der Waals surface area contributed by atoms with Gasteiger partial charge in [0.25, 0.3) is 5.91 Å². The lowest BCUT2D eigenvalue weighted by Gasteiger charge is -2.35. The van der Waals surface area contributed by atoms with Gasteiger partial charge in [0.2, 0.25) is 0 Å². The fourth-order valence-electron chi connectivity index (χ4n) is 6.36. The summed E-state index contributed by atoms with van der Waals surface area (Å²) in [5.74, 6) is 1.28. The lowest BCUT2D eigenvalue weighted by atomic mass is 9.90. The van der Waals surface area contributed by atoms with Gasteiger partial charge in [0.15, 0.2) is 5.88 Å². The zero-order valence-electron chi connectivity index (χ0n) is 24.5. The van der Waals surface area contributed by atoms with Crippen molar-refractivity contribution in [1.82, 2.24) is 30.3 Å². The smallest absolute Gasteiger partial charge is 0.416 e. The van der Waals surface area contributed by atoms with Crippen molar-refractivity contribution in [2.24, 2.45) is 5.92 Å². The number of aromatic nitrogens is 1. The molecule has 11 heteroatoms. The molecule has 0 aliphatic carbocycles. The highest BCUT2D eigenvalue weighted by atomic mass is 19.4. The summed E-state index contributed by atoms with van der Waals surface area (Å²) in [6, 6.07) is 7.30. The van der Waals surface area contributed by atoms with E-state index in [4.69, 9.17) is 4.74 Å². The Balaban J connectivity index is 0.990. The number of alkyl halides is 3. The molecule has 1 amide bonds. The number of nitrogens with one attached hydrogen (secondary N) is 3. The molecule has 0 atom stereocenters. The number of allylic oxidation sites excluding steroid dienone is 3. The molecule has 2 saturated heterocycles. The molecular formula is C32H39F3N6O2. The highest BCUT2D eigenvalue weighted by molar-refractivity contribution is 5.93. The van der Waals surface area contributed by atoms with E-state index in [0.29, 0.717) is 50.9 Å². The van der Waals surface area contributed by atoms with Gasteiger partial charge in [-0.3, -0.25) is 14.6 Å². The number of methoxy groups -OCH3 is 1. The van der Waals surface area contributed by atoms with E-state index in [1.54, 1.807) is 7.11 Å². The molecule has 2 aromatic rings. The molecule has 0 radical (unpaired) electrons. The second kappa shape index (κ2) is 12.5. The quantitative estimate of drug-likeness (QED) is 0.446. The van der Waals surface area contributed by atoms with Gasteiger partial charge >= 0.3 is 6.18 Å². The Morgan fingerprint density at radius 3 is 2.30 bits per heavy atom. The summed E-state index contributed by atoms with van der Waals surface area (Å²) in [6.07, 6.45) is 4.22. The van der Waals surface area contributed by atoms with E-state index in [2.05, 4.69) is 37.6 Å². The molecule has 1 aromatic heterocycles. The molecular weight excluding hydrogens is 557 g/mol. The number of piperidine rings is 1. The first kappa shape index (κ1) is 29.4. The third-order valence-electron chi connectivity index (χ3n) is 8.93. The SMILES string of the molecule is COC1=CC=C(CN2CCC(C3=Cc4cc(C(=O)N5CCN(Cc6ccc(C(F)(F)F)cc6)CC5)[nH]c4CN3)CC2)CN1. The van der Waals surface area contributed by atoms with Gasteiger partial charge in [0.05, 0.1) is 19.2 Å². The average Bonchev–Trinajstić information content (AvgIpc) is 3.45. The Bertz CT molecular complexity index is 1400. The summed E-state index contributed by atoms with van der Waals surface area (Å²) >= 11 is 0. The van der Waals surface area contributed by atoms with Crippen LogP contribution in [0.2, 0.25) is 0 Å². The number of dihydropyridines is 1. The van der Waals surface area contributed by atoms with Crippen LogP contribution in [-0.2, 0) is 24.0 Å². The maximum Gasteiger partial charge on any atom is 0.416 e. The van der Waals surface area contributed by atoms with Gasteiger partial charge in [-0.2, -0.15) is 13.2 Å². The number of aromatic amines is 1. The van der Waals surface area contributed by atoms with Crippen LogP contribution in [0.25, 0.3) is 6.08 Å². The number of benzene rings is 1. The third kappa shape index (κ3) is 6.94. The van der Waals surface area contributed by atoms with Crippen LogP contribution in [-0.4, -0.2) is 85.1 Å². The van der Waals surface area contributed by atoms with Gasteiger partial charge in [-0.1, -0.05) is 18.2 Å². The first-order valence-electron chi connectivity index (χ1n) is 15.0. The number of hydrogen-bond acceptors (Lipinski definition) is 6. The summed E-state index contributed by atoms with van der Waals surface area (Å²) in [5, 5.41) is 6.89. The highest BCUT2D eigenvalue weighted by Crippen LogP contribution is 2.31.